The van der Waals surface area contributed by atoms with E-state index in [0.29, 0.717) is 34.0 Å². The SMILES string of the molecule is CCn1c(SCC(=O)Nc2sc3c(c2C(N)=O)CCC(C)C3)nnc1C(C)Oc1ccc(C)cc1C. The van der Waals surface area contributed by atoms with Crippen molar-refractivity contribution in [1.82, 2.24) is 14.8 Å². The monoisotopic (exact) mass is 527 g/mol. The Balaban J connectivity index is 1.43. The summed E-state index contributed by atoms with van der Waals surface area (Å²) in [5, 5.41) is 12.8. The van der Waals surface area contributed by atoms with Crippen LogP contribution in [-0.2, 0) is 24.2 Å². The fraction of sp³-hybridized carbons (Fsp3) is 0.462. The van der Waals surface area contributed by atoms with Crippen LogP contribution in [0.25, 0.3) is 0 Å². The number of nitrogens with zero attached hydrogens (tertiary/aromatic N) is 3. The van der Waals surface area contributed by atoms with Crippen molar-refractivity contribution in [3.05, 3.63) is 51.2 Å². The van der Waals surface area contributed by atoms with Crippen LogP contribution in [0.2, 0.25) is 0 Å². The average Bonchev–Trinajstić information content (AvgIpc) is 3.39. The van der Waals surface area contributed by atoms with E-state index in [1.807, 2.05) is 37.5 Å². The summed E-state index contributed by atoms with van der Waals surface area (Å²) >= 11 is 2.78. The van der Waals surface area contributed by atoms with Gasteiger partial charge in [-0.05, 0) is 70.1 Å². The van der Waals surface area contributed by atoms with Gasteiger partial charge in [0.15, 0.2) is 17.1 Å². The number of ether oxygens (including phenoxy) is 1. The largest absolute Gasteiger partial charge is 0.482 e. The molecule has 0 saturated carbocycles. The number of fused-ring (bicyclic) bond motifs is 1. The van der Waals surface area contributed by atoms with E-state index in [2.05, 4.69) is 35.4 Å². The maximum atomic E-state index is 12.8. The highest BCUT2D eigenvalue weighted by Gasteiger charge is 2.27. The lowest BCUT2D eigenvalue weighted by Crippen LogP contribution is -2.20. The van der Waals surface area contributed by atoms with Crippen molar-refractivity contribution in [2.75, 3.05) is 11.1 Å². The van der Waals surface area contributed by atoms with Crippen molar-refractivity contribution < 1.29 is 14.3 Å². The molecule has 8 nitrogen and oxygen atoms in total. The summed E-state index contributed by atoms with van der Waals surface area (Å²) in [5.74, 6) is 1.52. The molecule has 3 aromatic rings. The Morgan fingerprint density at radius 2 is 2.11 bits per heavy atom. The number of hydrogen-bond donors (Lipinski definition) is 2. The predicted molar refractivity (Wildman–Crippen MR) is 144 cm³/mol. The quantitative estimate of drug-likeness (QED) is 0.376. The number of rotatable bonds is 9. The molecule has 0 aliphatic heterocycles. The van der Waals surface area contributed by atoms with E-state index >= 15 is 0 Å². The van der Waals surface area contributed by atoms with Gasteiger partial charge >= 0.3 is 0 Å². The van der Waals surface area contributed by atoms with Crippen LogP contribution in [0.15, 0.2) is 23.4 Å². The summed E-state index contributed by atoms with van der Waals surface area (Å²) in [4.78, 5) is 26.1. The first-order valence-electron chi connectivity index (χ1n) is 12.2. The standard InChI is InChI=1S/C26H33N5O3S2/c1-6-31-24(17(5)34-19-10-8-14(2)11-16(19)4)29-30-26(31)35-13-21(32)28-25-22(23(27)33)18-9-7-15(3)12-20(18)36-25/h8,10-11,15,17H,6-7,9,12-13H2,1-5H3,(H2,27,33)(H,28,32). The highest BCUT2D eigenvalue weighted by molar-refractivity contribution is 7.99. The van der Waals surface area contributed by atoms with Crippen LogP contribution in [0.4, 0.5) is 5.00 Å². The Labute approximate surface area is 220 Å². The van der Waals surface area contributed by atoms with Gasteiger partial charge in [-0.2, -0.15) is 0 Å². The van der Waals surface area contributed by atoms with Crippen LogP contribution in [0.5, 0.6) is 5.75 Å². The zero-order valence-corrected chi connectivity index (χ0v) is 23.0. The average molecular weight is 528 g/mol. The molecule has 192 valence electrons. The molecule has 4 rings (SSSR count). The van der Waals surface area contributed by atoms with Gasteiger partial charge < -0.3 is 20.4 Å². The number of carbonyl (C=O) groups is 2. The number of anilines is 1. The Morgan fingerprint density at radius 1 is 1.33 bits per heavy atom. The van der Waals surface area contributed by atoms with Crippen LogP contribution < -0.4 is 15.8 Å². The summed E-state index contributed by atoms with van der Waals surface area (Å²) in [6.45, 7) is 10.9. The predicted octanol–water partition coefficient (Wildman–Crippen LogP) is 5.07. The fourth-order valence-electron chi connectivity index (χ4n) is 4.57. The number of thiophene rings is 1. The molecule has 1 aliphatic rings. The van der Waals surface area contributed by atoms with E-state index in [1.165, 1.54) is 28.7 Å². The highest BCUT2D eigenvalue weighted by Crippen LogP contribution is 2.39. The molecule has 1 aliphatic carbocycles. The Morgan fingerprint density at radius 3 is 2.81 bits per heavy atom. The first kappa shape index (κ1) is 26.2. The molecule has 1 aromatic carbocycles. The molecule has 0 bridgehead atoms. The summed E-state index contributed by atoms with van der Waals surface area (Å²) in [7, 11) is 0. The number of nitrogens with one attached hydrogen (secondary N) is 1. The lowest BCUT2D eigenvalue weighted by Gasteiger charge is -2.18. The number of hydrogen-bond acceptors (Lipinski definition) is 7. The van der Waals surface area contributed by atoms with Gasteiger partial charge in [-0.15, -0.1) is 21.5 Å². The Kier molecular flexibility index (Phi) is 8.04. The molecule has 0 radical (unpaired) electrons. The molecule has 10 heteroatoms. The van der Waals surface area contributed by atoms with Gasteiger partial charge in [0.2, 0.25) is 5.91 Å². The van der Waals surface area contributed by atoms with Crippen molar-refractivity contribution in [1.29, 1.82) is 0 Å². The third-order valence-electron chi connectivity index (χ3n) is 6.40. The first-order valence-corrected chi connectivity index (χ1v) is 14.0. The molecular formula is C26H33N5O3S2. The molecular weight excluding hydrogens is 494 g/mol. The number of benzene rings is 1. The normalized spacial score (nSPS) is 15.9. The summed E-state index contributed by atoms with van der Waals surface area (Å²) < 4.78 is 8.14. The van der Waals surface area contributed by atoms with E-state index in [9.17, 15) is 9.59 Å². The van der Waals surface area contributed by atoms with Crippen molar-refractivity contribution in [3.63, 3.8) is 0 Å². The van der Waals surface area contributed by atoms with Gasteiger partial charge in [0.25, 0.3) is 5.91 Å². The maximum Gasteiger partial charge on any atom is 0.251 e. The number of aromatic nitrogens is 3. The molecule has 2 heterocycles. The van der Waals surface area contributed by atoms with Crippen LogP contribution in [-0.4, -0.2) is 32.3 Å². The molecule has 2 atom stereocenters. The topological polar surface area (TPSA) is 112 Å². The second-order valence-electron chi connectivity index (χ2n) is 9.37. The minimum atomic E-state index is -0.488. The van der Waals surface area contributed by atoms with Gasteiger partial charge in [-0.3, -0.25) is 9.59 Å². The number of amides is 2. The van der Waals surface area contributed by atoms with Gasteiger partial charge in [0.05, 0.1) is 11.3 Å². The lowest BCUT2D eigenvalue weighted by atomic mass is 9.88. The third kappa shape index (κ3) is 5.59. The van der Waals surface area contributed by atoms with Gasteiger partial charge in [-0.1, -0.05) is 36.4 Å². The highest BCUT2D eigenvalue weighted by atomic mass is 32.2. The van der Waals surface area contributed by atoms with E-state index in [0.717, 1.165) is 41.0 Å². The van der Waals surface area contributed by atoms with Crippen molar-refractivity contribution in [3.8, 4) is 5.75 Å². The van der Waals surface area contributed by atoms with E-state index < -0.39 is 5.91 Å². The number of aryl methyl sites for hydroxylation is 2. The number of primary amides is 1. The van der Waals surface area contributed by atoms with Crippen LogP contribution >= 0.6 is 23.1 Å². The van der Waals surface area contributed by atoms with E-state index in [1.54, 1.807) is 0 Å². The van der Waals surface area contributed by atoms with Gasteiger partial charge in [0, 0.05) is 11.4 Å². The van der Waals surface area contributed by atoms with Crippen LogP contribution in [0, 0.1) is 19.8 Å². The smallest absolute Gasteiger partial charge is 0.251 e. The molecule has 0 spiro atoms. The number of carbonyl (C=O) groups excluding carboxylic acids is 2. The molecule has 36 heavy (non-hydrogen) atoms. The molecule has 2 amide bonds. The summed E-state index contributed by atoms with van der Waals surface area (Å²) in [5.41, 5.74) is 9.40. The first-order chi connectivity index (χ1) is 17.2. The number of nitrogens with two attached hydrogens (primary N) is 1. The zero-order valence-electron chi connectivity index (χ0n) is 21.4. The lowest BCUT2D eigenvalue weighted by molar-refractivity contribution is -0.113. The molecule has 2 unspecified atom stereocenters. The summed E-state index contributed by atoms with van der Waals surface area (Å²) in [6.07, 6.45) is 2.45. The molecule has 3 N–H and O–H groups in total. The van der Waals surface area contributed by atoms with Gasteiger partial charge in [0.1, 0.15) is 10.8 Å². The zero-order chi connectivity index (χ0) is 26.0. The Hall–Kier alpha value is -2.85. The summed E-state index contributed by atoms with van der Waals surface area (Å²) in [6, 6.07) is 6.08. The second kappa shape index (κ2) is 11.0. The van der Waals surface area contributed by atoms with Crippen LogP contribution in [0.3, 0.4) is 0 Å². The Bertz CT molecular complexity index is 1280. The third-order valence-corrected chi connectivity index (χ3v) is 8.54. The van der Waals surface area contributed by atoms with Crippen molar-refractivity contribution >= 4 is 39.9 Å². The second-order valence-corrected chi connectivity index (χ2v) is 11.4. The number of thioether (sulfide) groups is 1. The van der Waals surface area contributed by atoms with Crippen molar-refractivity contribution in [2.45, 2.75) is 71.7 Å². The molecule has 0 fully saturated rings. The van der Waals surface area contributed by atoms with Crippen molar-refractivity contribution in [2.24, 2.45) is 11.7 Å². The molecule has 0 saturated heterocycles. The minimum absolute atomic E-state index is 0.140. The fourth-order valence-corrected chi connectivity index (χ4v) is 6.81. The van der Waals surface area contributed by atoms with Gasteiger partial charge in [-0.25, -0.2) is 0 Å². The van der Waals surface area contributed by atoms with E-state index in [-0.39, 0.29) is 17.8 Å². The maximum absolute atomic E-state index is 12.8. The molecule has 2 aromatic heterocycles. The minimum Gasteiger partial charge on any atom is -0.482 e. The van der Waals surface area contributed by atoms with Crippen LogP contribution in [0.1, 0.15) is 71.0 Å². The van der Waals surface area contributed by atoms with E-state index in [4.69, 9.17) is 10.5 Å².